The first-order valence-electron chi connectivity index (χ1n) is 5.17. The van der Waals surface area contributed by atoms with Crippen LogP contribution in [-0.4, -0.2) is 59.0 Å². The Labute approximate surface area is 99.2 Å². The number of H-pyrrole nitrogens is 1. The lowest BCUT2D eigenvalue weighted by molar-refractivity contribution is 0.606. The van der Waals surface area contributed by atoms with Gasteiger partial charge in [0.05, 0.1) is 6.33 Å². The second-order valence-corrected chi connectivity index (χ2v) is 3.78. The quantitative estimate of drug-likeness (QED) is 0.568. The molecule has 2 rings (SSSR count). The average molecular weight is 233 g/mol. The summed E-state index contributed by atoms with van der Waals surface area (Å²) in [5.41, 5.74) is 1.45. The van der Waals surface area contributed by atoms with Gasteiger partial charge in [-0.15, -0.1) is 0 Å². The number of guanidine groups is 1. The van der Waals surface area contributed by atoms with Crippen molar-refractivity contribution >= 4 is 22.9 Å². The smallest absolute Gasteiger partial charge is 0.201 e. The number of nitrogens with zero attached hydrogens (tertiary/aromatic N) is 6. The molecule has 0 bridgehead atoms. The Bertz CT molecular complexity index is 542. The molecule has 1 N–H and O–H groups in total. The SMILES string of the molecule is CN=C(N(C)C)N(C)c1ncnc2nc[nH]c12. The van der Waals surface area contributed by atoms with Gasteiger partial charge in [-0.25, -0.2) is 15.0 Å². The van der Waals surface area contributed by atoms with Crippen molar-refractivity contribution in [2.75, 3.05) is 33.1 Å². The summed E-state index contributed by atoms with van der Waals surface area (Å²) in [5.74, 6) is 1.56. The van der Waals surface area contributed by atoms with Gasteiger partial charge >= 0.3 is 0 Å². The van der Waals surface area contributed by atoms with Crippen molar-refractivity contribution in [1.29, 1.82) is 0 Å². The van der Waals surface area contributed by atoms with Crippen LogP contribution in [0.25, 0.3) is 11.2 Å². The molecule has 17 heavy (non-hydrogen) atoms. The first-order valence-corrected chi connectivity index (χ1v) is 5.17. The maximum Gasteiger partial charge on any atom is 0.201 e. The fourth-order valence-corrected chi connectivity index (χ4v) is 1.75. The van der Waals surface area contributed by atoms with E-state index in [4.69, 9.17) is 0 Å². The van der Waals surface area contributed by atoms with Crippen molar-refractivity contribution in [2.24, 2.45) is 4.99 Å². The molecule has 0 unspecified atom stereocenters. The third-order valence-corrected chi connectivity index (χ3v) is 2.42. The summed E-state index contributed by atoms with van der Waals surface area (Å²) in [4.78, 5) is 23.5. The average Bonchev–Trinajstić information content (AvgIpc) is 2.76. The predicted octanol–water partition coefficient (Wildman–Crippen LogP) is 0.336. The number of imidazole rings is 1. The molecule has 0 atom stereocenters. The highest BCUT2D eigenvalue weighted by Crippen LogP contribution is 2.18. The summed E-state index contributed by atoms with van der Waals surface area (Å²) in [5, 5.41) is 0. The van der Waals surface area contributed by atoms with E-state index >= 15 is 0 Å². The van der Waals surface area contributed by atoms with Gasteiger partial charge in [-0.05, 0) is 0 Å². The Morgan fingerprint density at radius 2 is 2.00 bits per heavy atom. The molecule has 90 valence electrons. The molecule has 7 heteroatoms. The monoisotopic (exact) mass is 233 g/mol. The molecule has 0 saturated carbocycles. The maximum absolute atomic E-state index is 4.27. The minimum atomic E-state index is 0.649. The first-order chi connectivity index (χ1) is 8.15. The number of hydrogen-bond donors (Lipinski definition) is 1. The van der Waals surface area contributed by atoms with Crippen molar-refractivity contribution in [1.82, 2.24) is 24.8 Å². The minimum Gasteiger partial charge on any atom is -0.349 e. The summed E-state index contributed by atoms with van der Waals surface area (Å²) in [7, 11) is 7.52. The summed E-state index contributed by atoms with van der Waals surface area (Å²) < 4.78 is 0. The van der Waals surface area contributed by atoms with Gasteiger partial charge in [-0.2, -0.15) is 0 Å². The zero-order valence-corrected chi connectivity index (χ0v) is 10.3. The van der Waals surface area contributed by atoms with Gasteiger partial charge in [0.15, 0.2) is 11.5 Å². The van der Waals surface area contributed by atoms with Crippen LogP contribution in [0.2, 0.25) is 0 Å². The molecule has 0 aliphatic carbocycles. The molecular weight excluding hydrogens is 218 g/mol. The number of hydrogen-bond acceptors (Lipinski definition) is 4. The molecule has 2 aromatic rings. The number of fused-ring (bicyclic) bond motifs is 1. The highest BCUT2D eigenvalue weighted by molar-refractivity contribution is 5.99. The normalized spacial score (nSPS) is 11.9. The summed E-state index contributed by atoms with van der Waals surface area (Å²) in [6.07, 6.45) is 3.10. The van der Waals surface area contributed by atoms with Crippen molar-refractivity contribution in [2.45, 2.75) is 0 Å². The lowest BCUT2D eigenvalue weighted by atomic mass is 10.4. The summed E-state index contributed by atoms with van der Waals surface area (Å²) in [6.45, 7) is 0. The lowest BCUT2D eigenvalue weighted by Crippen LogP contribution is -2.38. The Kier molecular flexibility index (Phi) is 2.90. The molecular formula is C10H15N7. The van der Waals surface area contributed by atoms with Crippen molar-refractivity contribution in [3.63, 3.8) is 0 Å². The van der Waals surface area contributed by atoms with E-state index in [2.05, 4.69) is 24.9 Å². The Balaban J connectivity index is 2.49. The molecule has 0 fully saturated rings. The van der Waals surface area contributed by atoms with Gasteiger partial charge in [0, 0.05) is 28.2 Å². The number of anilines is 1. The van der Waals surface area contributed by atoms with Gasteiger partial charge in [0.1, 0.15) is 11.8 Å². The Hall–Kier alpha value is -2.18. The topological polar surface area (TPSA) is 73.3 Å². The van der Waals surface area contributed by atoms with E-state index in [1.807, 2.05) is 30.9 Å². The van der Waals surface area contributed by atoms with Crippen LogP contribution in [0, 0.1) is 0 Å². The number of nitrogens with one attached hydrogen (secondary N) is 1. The highest BCUT2D eigenvalue weighted by Gasteiger charge is 2.15. The molecule has 0 aliphatic heterocycles. The first kappa shape index (κ1) is 11.3. The maximum atomic E-state index is 4.27. The van der Waals surface area contributed by atoms with Gasteiger partial charge < -0.3 is 9.88 Å². The molecule has 0 aromatic carbocycles. The van der Waals surface area contributed by atoms with E-state index in [0.29, 0.717) is 5.65 Å². The van der Waals surface area contributed by atoms with Gasteiger partial charge in [0.25, 0.3) is 0 Å². The van der Waals surface area contributed by atoms with Crippen molar-refractivity contribution in [3.8, 4) is 0 Å². The van der Waals surface area contributed by atoms with Crippen LogP contribution in [0.5, 0.6) is 0 Å². The molecule has 2 aromatic heterocycles. The molecule has 0 saturated heterocycles. The number of aromatic nitrogens is 4. The van der Waals surface area contributed by atoms with Crippen LogP contribution in [0.3, 0.4) is 0 Å². The summed E-state index contributed by atoms with van der Waals surface area (Å²) >= 11 is 0. The molecule has 0 aliphatic rings. The molecule has 0 spiro atoms. The van der Waals surface area contributed by atoms with Gasteiger partial charge in [-0.1, -0.05) is 0 Å². The minimum absolute atomic E-state index is 0.649. The van der Waals surface area contributed by atoms with Crippen LogP contribution in [0.15, 0.2) is 17.6 Å². The van der Waals surface area contributed by atoms with Crippen LogP contribution in [-0.2, 0) is 0 Å². The number of rotatable bonds is 1. The second kappa shape index (κ2) is 4.36. The van der Waals surface area contributed by atoms with E-state index in [0.717, 1.165) is 17.3 Å². The standard InChI is InChI=1S/C10H15N7/c1-11-10(16(2)3)17(4)9-7-8(13-5-12-7)14-6-15-9/h5-6H,1-4H3,(H,12,13,14,15). The van der Waals surface area contributed by atoms with Crippen LogP contribution in [0.4, 0.5) is 5.82 Å². The lowest BCUT2D eigenvalue weighted by Gasteiger charge is -2.25. The largest absolute Gasteiger partial charge is 0.349 e. The van der Waals surface area contributed by atoms with Crippen molar-refractivity contribution < 1.29 is 0 Å². The molecule has 2 heterocycles. The van der Waals surface area contributed by atoms with Crippen molar-refractivity contribution in [3.05, 3.63) is 12.7 Å². The van der Waals surface area contributed by atoms with Crippen LogP contribution >= 0.6 is 0 Å². The Morgan fingerprint density at radius 3 is 2.65 bits per heavy atom. The van der Waals surface area contributed by atoms with Crippen LogP contribution < -0.4 is 4.90 Å². The molecule has 0 amide bonds. The molecule has 7 nitrogen and oxygen atoms in total. The number of aliphatic imine (C=N–C) groups is 1. The van der Waals surface area contributed by atoms with E-state index in [1.165, 1.54) is 6.33 Å². The second-order valence-electron chi connectivity index (χ2n) is 3.78. The fourth-order valence-electron chi connectivity index (χ4n) is 1.75. The van der Waals surface area contributed by atoms with E-state index in [9.17, 15) is 0 Å². The molecule has 0 radical (unpaired) electrons. The summed E-state index contributed by atoms with van der Waals surface area (Å²) in [6, 6.07) is 0. The predicted molar refractivity (Wildman–Crippen MR) is 67.1 cm³/mol. The van der Waals surface area contributed by atoms with Crippen LogP contribution in [0.1, 0.15) is 0 Å². The van der Waals surface area contributed by atoms with Gasteiger partial charge in [0.2, 0.25) is 5.96 Å². The van der Waals surface area contributed by atoms with Gasteiger partial charge in [-0.3, -0.25) is 9.89 Å². The van der Waals surface area contributed by atoms with E-state index < -0.39 is 0 Å². The Morgan fingerprint density at radius 1 is 1.24 bits per heavy atom. The fraction of sp³-hybridized carbons (Fsp3) is 0.400. The zero-order valence-electron chi connectivity index (χ0n) is 10.3. The highest BCUT2D eigenvalue weighted by atomic mass is 15.4. The third-order valence-electron chi connectivity index (χ3n) is 2.42. The third kappa shape index (κ3) is 1.91. The number of aromatic amines is 1. The van der Waals surface area contributed by atoms with E-state index in [-0.39, 0.29) is 0 Å². The van der Waals surface area contributed by atoms with E-state index in [1.54, 1.807) is 13.4 Å². The zero-order chi connectivity index (χ0) is 12.4.